The number of rotatable bonds is 6. The fraction of sp³-hybridized carbons (Fsp3) is 0.636. The van der Waals surface area contributed by atoms with E-state index in [0.29, 0.717) is 6.42 Å². The fourth-order valence-corrected chi connectivity index (χ4v) is 1.51. The molecule has 0 aliphatic heterocycles. The van der Waals surface area contributed by atoms with Crippen molar-refractivity contribution in [3.63, 3.8) is 0 Å². The maximum absolute atomic E-state index is 8.41. The van der Waals surface area contributed by atoms with Gasteiger partial charge in [0.05, 0.1) is 6.07 Å². The lowest BCUT2D eigenvalue weighted by Gasteiger charge is -2.08. The molecule has 1 unspecified atom stereocenters. The molecule has 82 valence electrons. The number of nitriles is 1. The number of aryl methyl sites for hydroxylation is 1. The van der Waals surface area contributed by atoms with Crippen molar-refractivity contribution in [1.29, 1.82) is 5.26 Å². The second-order valence-corrected chi connectivity index (χ2v) is 3.83. The van der Waals surface area contributed by atoms with Crippen LogP contribution >= 0.6 is 0 Å². The summed E-state index contributed by atoms with van der Waals surface area (Å²) in [6.07, 6.45) is 7.21. The second kappa shape index (κ2) is 6.20. The number of nitrogens with two attached hydrogens (primary N) is 1. The van der Waals surface area contributed by atoms with Crippen LogP contribution in [-0.4, -0.2) is 15.6 Å². The minimum Gasteiger partial charge on any atom is -0.335 e. The van der Waals surface area contributed by atoms with Gasteiger partial charge in [0.1, 0.15) is 5.82 Å². The van der Waals surface area contributed by atoms with E-state index in [4.69, 9.17) is 11.0 Å². The number of nitrogens with zero attached hydrogens (tertiary/aromatic N) is 3. The van der Waals surface area contributed by atoms with E-state index in [9.17, 15) is 0 Å². The summed E-state index contributed by atoms with van der Waals surface area (Å²) in [5.74, 6) is 1.04. The van der Waals surface area contributed by atoms with E-state index < -0.39 is 0 Å². The number of imidazole rings is 1. The predicted molar refractivity (Wildman–Crippen MR) is 59.0 cm³/mol. The Bertz CT molecular complexity index is 322. The van der Waals surface area contributed by atoms with E-state index >= 15 is 0 Å². The van der Waals surface area contributed by atoms with Crippen molar-refractivity contribution in [3.8, 4) is 6.07 Å². The number of hydrogen-bond acceptors (Lipinski definition) is 3. The van der Waals surface area contributed by atoms with Crippen LogP contribution in [0.4, 0.5) is 0 Å². The third-order valence-electron chi connectivity index (χ3n) is 2.24. The summed E-state index contributed by atoms with van der Waals surface area (Å²) in [7, 11) is 0. The molecule has 0 amide bonds. The van der Waals surface area contributed by atoms with Gasteiger partial charge in [-0.25, -0.2) is 4.98 Å². The van der Waals surface area contributed by atoms with Crippen LogP contribution in [0.15, 0.2) is 12.4 Å². The lowest BCUT2D eigenvalue weighted by molar-refractivity contribution is 0.572. The molecule has 15 heavy (non-hydrogen) atoms. The first kappa shape index (κ1) is 11.7. The van der Waals surface area contributed by atoms with Gasteiger partial charge in [0, 0.05) is 37.8 Å². The third-order valence-corrected chi connectivity index (χ3v) is 2.24. The molecule has 0 spiro atoms. The van der Waals surface area contributed by atoms with E-state index in [0.717, 1.165) is 31.6 Å². The first-order valence-electron chi connectivity index (χ1n) is 5.36. The maximum atomic E-state index is 8.41. The highest BCUT2D eigenvalue weighted by Gasteiger charge is 2.04. The number of hydrogen-bond donors (Lipinski definition) is 1. The summed E-state index contributed by atoms with van der Waals surface area (Å²) in [6, 6.07) is 2.29. The van der Waals surface area contributed by atoms with Crippen LogP contribution in [0.25, 0.3) is 0 Å². The normalized spacial score (nSPS) is 12.3. The highest BCUT2D eigenvalue weighted by atomic mass is 15.1. The molecular formula is C11H18N4. The third kappa shape index (κ3) is 4.13. The maximum Gasteiger partial charge on any atom is 0.110 e. The van der Waals surface area contributed by atoms with Gasteiger partial charge in [-0.2, -0.15) is 5.26 Å². The average Bonchev–Trinajstić information content (AvgIpc) is 2.59. The van der Waals surface area contributed by atoms with Gasteiger partial charge in [0.25, 0.3) is 0 Å². The Morgan fingerprint density at radius 3 is 3.07 bits per heavy atom. The van der Waals surface area contributed by atoms with Gasteiger partial charge >= 0.3 is 0 Å². The van der Waals surface area contributed by atoms with E-state index in [-0.39, 0.29) is 6.04 Å². The van der Waals surface area contributed by atoms with Crippen LogP contribution in [0.2, 0.25) is 0 Å². The monoisotopic (exact) mass is 206 g/mol. The number of aromatic nitrogens is 2. The Morgan fingerprint density at radius 2 is 2.40 bits per heavy atom. The predicted octanol–water partition coefficient (Wildman–Crippen LogP) is 1.47. The molecule has 0 saturated heterocycles. The van der Waals surface area contributed by atoms with E-state index in [1.165, 1.54) is 0 Å². The molecule has 0 bridgehead atoms. The zero-order valence-electron chi connectivity index (χ0n) is 9.19. The molecule has 0 saturated carbocycles. The molecule has 1 aromatic heterocycles. The molecule has 1 heterocycles. The molecule has 4 heteroatoms. The van der Waals surface area contributed by atoms with Crippen molar-refractivity contribution in [2.75, 3.05) is 0 Å². The molecule has 0 radical (unpaired) electrons. The van der Waals surface area contributed by atoms with Gasteiger partial charge in [-0.05, 0) is 19.8 Å². The standard InChI is InChI=1S/C11H18N4/c1-10(13)9-11-14-6-8-15(11)7-4-2-3-5-12/h6,8,10H,2-4,7,9,13H2,1H3. The Morgan fingerprint density at radius 1 is 1.60 bits per heavy atom. The molecule has 0 aliphatic rings. The molecule has 0 aromatic carbocycles. The molecule has 1 atom stereocenters. The van der Waals surface area contributed by atoms with Crippen LogP contribution in [0, 0.1) is 11.3 Å². The van der Waals surface area contributed by atoms with Crippen molar-refractivity contribution in [3.05, 3.63) is 18.2 Å². The van der Waals surface area contributed by atoms with Gasteiger partial charge < -0.3 is 10.3 Å². The van der Waals surface area contributed by atoms with Gasteiger partial charge in [-0.15, -0.1) is 0 Å². The van der Waals surface area contributed by atoms with Gasteiger partial charge in [-0.1, -0.05) is 0 Å². The van der Waals surface area contributed by atoms with Crippen LogP contribution in [-0.2, 0) is 13.0 Å². The SMILES string of the molecule is CC(N)Cc1nccn1CCCCC#N. The van der Waals surface area contributed by atoms with Gasteiger partial charge in [0.2, 0.25) is 0 Å². The van der Waals surface area contributed by atoms with Crippen molar-refractivity contribution in [2.45, 2.75) is 45.2 Å². The summed E-state index contributed by atoms with van der Waals surface area (Å²) in [5.41, 5.74) is 5.73. The highest BCUT2D eigenvalue weighted by Crippen LogP contribution is 2.04. The fourth-order valence-electron chi connectivity index (χ4n) is 1.51. The Hall–Kier alpha value is -1.34. The Labute approximate surface area is 90.7 Å². The van der Waals surface area contributed by atoms with Crippen LogP contribution in [0.5, 0.6) is 0 Å². The van der Waals surface area contributed by atoms with Crippen molar-refractivity contribution in [1.82, 2.24) is 9.55 Å². The molecule has 1 rings (SSSR count). The minimum absolute atomic E-state index is 0.144. The van der Waals surface area contributed by atoms with Gasteiger partial charge in [0.15, 0.2) is 0 Å². The summed E-state index contributed by atoms with van der Waals surface area (Å²) in [6.45, 7) is 2.92. The summed E-state index contributed by atoms with van der Waals surface area (Å²) in [5, 5.41) is 8.41. The van der Waals surface area contributed by atoms with E-state index in [2.05, 4.69) is 15.6 Å². The van der Waals surface area contributed by atoms with Crippen LogP contribution in [0.1, 0.15) is 32.0 Å². The lowest BCUT2D eigenvalue weighted by atomic mass is 10.2. The van der Waals surface area contributed by atoms with E-state index in [1.807, 2.05) is 19.3 Å². The van der Waals surface area contributed by atoms with Crippen LogP contribution in [0.3, 0.4) is 0 Å². The first-order chi connectivity index (χ1) is 7.24. The second-order valence-electron chi connectivity index (χ2n) is 3.83. The quantitative estimate of drug-likeness (QED) is 0.716. The van der Waals surface area contributed by atoms with Crippen LogP contribution < -0.4 is 5.73 Å². The molecule has 1 aromatic rings. The lowest BCUT2D eigenvalue weighted by Crippen LogP contribution is -2.20. The van der Waals surface area contributed by atoms with Crippen molar-refractivity contribution in [2.24, 2.45) is 5.73 Å². The number of unbranched alkanes of at least 4 members (excludes halogenated alkanes) is 2. The summed E-state index contributed by atoms with van der Waals surface area (Å²) < 4.78 is 2.13. The topological polar surface area (TPSA) is 67.6 Å². The molecule has 0 fully saturated rings. The molecule has 0 aliphatic carbocycles. The van der Waals surface area contributed by atoms with Gasteiger partial charge in [-0.3, -0.25) is 0 Å². The van der Waals surface area contributed by atoms with Crippen molar-refractivity contribution < 1.29 is 0 Å². The molecule has 4 nitrogen and oxygen atoms in total. The van der Waals surface area contributed by atoms with E-state index in [1.54, 1.807) is 0 Å². The average molecular weight is 206 g/mol. The summed E-state index contributed by atoms with van der Waals surface area (Å²) in [4.78, 5) is 4.27. The Balaban J connectivity index is 2.40. The first-order valence-corrected chi connectivity index (χ1v) is 5.36. The molecular weight excluding hydrogens is 188 g/mol. The molecule has 2 N–H and O–H groups in total. The zero-order valence-corrected chi connectivity index (χ0v) is 9.19. The minimum atomic E-state index is 0.144. The largest absolute Gasteiger partial charge is 0.335 e. The highest BCUT2D eigenvalue weighted by molar-refractivity contribution is 4.94. The summed E-state index contributed by atoms with van der Waals surface area (Å²) >= 11 is 0. The zero-order chi connectivity index (χ0) is 11.1. The van der Waals surface area contributed by atoms with Crippen molar-refractivity contribution >= 4 is 0 Å². The smallest absolute Gasteiger partial charge is 0.110 e. The Kier molecular flexibility index (Phi) is 4.85.